The van der Waals surface area contributed by atoms with Crippen LogP contribution in [-0.4, -0.2) is 33.8 Å². The van der Waals surface area contributed by atoms with Crippen LogP contribution in [0.1, 0.15) is 53.5 Å². The zero-order valence-corrected chi connectivity index (χ0v) is 20.3. The Morgan fingerprint density at radius 2 is 1.79 bits per heavy atom. The molecule has 1 heterocycles. The lowest BCUT2D eigenvalue weighted by Crippen LogP contribution is -2.52. The number of carbonyl (C=O) groups excluding carboxylic acids is 1. The average Bonchev–Trinajstić information content (AvgIpc) is 2.63. The van der Waals surface area contributed by atoms with Gasteiger partial charge in [-0.15, -0.1) is 0 Å². The number of aromatic nitrogens is 2. The zero-order chi connectivity index (χ0) is 25.0. The van der Waals surface area contributed by atoms with Gasteiger partial charge in [-0.1, -0.05) is 25.4 Å². The number of halogens is 4. The number of carbonyl (C=O) groups is 1. The lowest BCUT2D eigenvalue weighted by atomic mass is 9.91. The van der Waals surface area contributed by atoms with Gasteiger partial charge in [0.1, 0.15) is 29.4 Å². The van der Waals surface area contributed by atoms with Crippen LogP contribution in [-0.2, 0) is 10.9 Å². The molecule has 0 bridgehead atoms. The van der Waals surface area contributed by atoms with Crippen LogP contribution in [0, 0.1) is 5.92 Å². The molecule has 0 aliphatic heterocycles. The highest BCUT2D eigenvalue weighted by Crippen LogP contribution is 2.39. The van der Waals surface area contributed by atoms with Crippen molar-refractivity contribution in [1.29, 1.82) is 0 Å². The van der Waals surface area contributed by atoms with Gasteiger partial charge in [0, 0.05) is 11.6 Å². The van der Waals surface area contributed by atoms with Crippen LogP contribution in [0.2, 0.25) is 5.15 Å². The van der Waals surface area contributed by atoms with Crippen molar-refractivity contribution in [2.75, 3.05) is 6.61 Å². The molecule has 33 heavy (non-hydrogen) atoms. The molecule has 1 atom stereocenters. The van der Waals surface area contributed by atoms with Crippen molar-refractivity contribution in [3.63, 3.8) is 0 Å². The smallest absolute Gasteiger partial charge is 0.419 e. The highest BCUT2D eigenvalue weighted by molar-refractivity contribution is 6.29. The summed E-state index contributed by atoms with van der Waals surface area (Å²) in [7, 11) is 0. The SMILES string of the molecule is CC(C)CC(C)(COc1ccc(-c2cc(Cl)ncn2)cc1C(F)(F)F)NC(=O)OC(C)(C)C. The Kier molecular flexibility index (Phi) is 8.22. The second-order valence-electron chi connectivity index (χ2n) is 9.51. The average molecular weight is 488 g/mol. The molecule has 1 amide bonds. The first-order valence-electron chi connectivity index (χ1n) is 10.4. The fraction of sp³-hybridized carbons (Fsp3) is 0.522. The number of rotatable bonds is 7. The quantitative estimate of drug-likeness (QED) is 0.450. The van der Waals surface area contributed by atoms with Crippen molar-refractivity contribution in [3.05, 3.63) is 41.3 Å². The lowest BCUT2D eigenvalue weighted by Gasteiger charge is -2.33. The molecule has 0 aliphatic rings. The number of ether oxygens (including phenoxy) is 2. The van der Waals surface area contributed by atoms with Gasteiger partial charge in [0.15, 0.2) is 0 Å². The summed E-state index contributed by atoms with van der Waals surface area (Å²) in [5, 5.41) is 2.87. The highest BCUT2D eigenvalue weighted by Gasteiger charge is 2.36. The van der Waals surface area contributed by atoms with Crippen LogP contribution in [0.4, 0.5) is 18.0 Å². The molecule has 0 fully saturated rings. The van der Waals surface area contributed by atoms with Crippen molar-refractivity contribution in [2.24, 2.45) is 5.92 Å². The Hall–Kier alpha value is -2.55. The van der Waals surface area contributed by atoms with Gasteiger partial charge in [-0.2, -0.15) is 13.2 Å². The molecule has 0 saturated carbocycles. The van der Waals surface area contributed by atoms with Gasteiger partial charge in [0.25, 0.3) is 0 Å². The van der Waals surface area contributed by atoms with Crippen LogP contribution in [0.3, 0.4) is 0 Å². The number of alkyl halides is 3. The van der Waals surface area contributed by atoms with Crippen LogP contribution in [0.5, 0.6) is 5.75 Å². The summed E-state index contributed by atoms with van der Waals surface area (Å²) in [5.74, 6) is -0.215. The molecule has 1 unspecified atom stereocenters. The van der Waals surface area contributed by atoms with E-state index in [9.17, 15) is 18.0 Å². The van der Waals surface area contributed by atoms with Gasteiger partial charge in [0.05, 0.1) is 16.8 Å². The Labute approximate surface area is 196 Å². The monoisotopic (exact) mass is 487 g/mol. The van der Waals surface area contributed by atoms with Crippen molar-refractivity contribution in [3.8, 4) is 17.0 Å². The zero-order valence-electron chi connectivity index (χ0n) is 19.5. The van der Waals surface area contributed by atoms with Gasteiger partial charge in [-0.25, -0.2) is 14.8 Å². The molecule has 1 aromatic carbocycles. The van der Waals surface area contributed by atoms with E-state index >= 15 is 0 Å². The van der Waals surface area contributed by atoms with E-state index in [1.165, 1.54) is 24.5 Å². The molecule has 2 rings (SSSR count). The number of nitrogens with zero attached hydrogens (tertiary/aromatic N) is 2. The van der Waals surface area contributed by atoms with Crippen LogP contribution >= 0.6 is 11.6 Å². The first-order valence-corrected chi connectivity index (χ1v) is 10.8. The van der Waals surface area contributed by atoms with E-state index in [0.29, 0.717) is 6.42 Å². The minimum absolute atomic E-state index is 0.117. The van der Waals surface area contributed by atoms with E-state index in [-0.39, 0.29) is 34.7 Å². The topological polar surface area (TPSA) is 73.3 Å². The molecule has 182 valence electrons. The van der Waals surface area contributed by atoms with Gasteiger partial charge in [-0.3, -0.25) is 0 Å². The first-order chi connectivity index (χ1) is 15.1. The third-order valence-corrected chi connectivity index (χ3v) is 4.63. The van der Waals surface area contributed by atoms with Crippen molar-refractivity contribution >= 4 is 17.7 Å². The first kappa shape index (κ1) is 26.7. The maximum atomic E-state index is 13.8. The van der Waals surface area contributed by atoms with Crippen LogP contribution < -0.4 is 10.1 Å². The summed E-state index contributed by atoms with van der Waals surface area (Å²) < 4.78 is 52.4. The van der Waals surface area contributed by atoms with Gasteiger partial charge in [-0.05, 0) is 58.2 Å². The second kappa shape index (κ2) is 10.2. The Morgan fingerprint density at radius 1 is 1.12 bits per heavy atom. The summed E-state index contributed by atoms with van der Waals surface area (Å²) in [5.41, 5.74) is -2.16. The lowest BCUT2D eigenvalue weighted by molar-refractivity contribution is -0.139. The highest BCUT2D eigenvalue weighted by atomic mass is 35.5. The fourth-order valence-electron chi connectivity index (χ4n) is 3.36. The Bertz CT molecular complexity index is 977. The number of benzene rings is 1. The van der Waals surface area contributed by atoms with Gasteiger partial charge in [0.2, 0.25) is 0 Å². The predicted octanol–water partition coefficient (Wildman–Crippen LogP) is 6.52. The van der Waals surface area contributed by atoms with E-state index in [2.05, 4.69) is 15.3 Å². The molecular weight excluding hydrogens is 459 g/mol. The molecule has 2 aromatic rings. The Morgan fingerprint density at radius 3 is 2.33 bits per heavy atom. The molecule has 0 spiro atoms. The van der Waals surface area contributed by atoms with E-state index in [1.807, 2.05) is 13.8 Å². The normalized spacial score (nSPS) is 14.0. The third kappa shape index (κ3) is 8.38. The number of nitrogens with one attached hydrogen (secondary N) is 1. The molecule has 10 heteroatoms. The summed E-state index contributed by atoms with van der Waals surface area (Å²) >= 11 is 5.84. The summed E-state index contributed by atoms with van der Waals surface area (Å²) in [4.78, 5) is 20.1. The number of hydrogen-bond acceptors (Lipinski definition) is 5. The molecule has 0 saturated heterocycles. The largest absolute Gasteiger partial charge is 0.491 e. The van der Waals surface area contributed by atoms with Crippen molar-refractivity contribution in [1.82, 2.24) is 15.3 Å². The van der Waals surface area contributed by atoms with Gasteiger partial charge >= 0.3 is 12.3 Å². The standard InChI is InChI=1S/C23H29ClF3N3O3/c1-14(2)11-22(6,30-20(31)33-21(3,4)5)12-32-18-8-7-15(9-16(18)23(25,26)27)17-10-19(24)29-13-28-17/h7-10,13-14H,11-12H2,1-6H3,(H,30,31). The predicted molar refractivity (Wildman–Crippen MR) is 120 cm³/mol. The molecule has 0 radical (unpaired) electrons. The van der Waals surface area contributed by atoms with E-state index in [1.54, 1.807) is 27.7 Å². The van der Waals surface area contributed by atoms with E-state index < -0.39 is 29.0 Å². The van der Waals surface area contributed by atoms with Gasteiger partial charge < -0.3 is 14.8 Å². The fourth-order valence-corrected chi connectivity index (χ4v) is 3.51. The van der Waals surface area contributed by atoms with Crippen molar-refractivity contribution < 1.29 is 27.4 Å². The maximum absolute atomic E-state index is 13.8. The summed E-state index contributed by atoms with van der Waals surface area (Å²) in [6, 6.07) is 5.03. The van der Waals surface area contributed by atoms with Crippen molar-refractivity contribution in [2.45, 2.75) is 65.3 Å². The molecular formula is C23H29ClF3N3O3. The third-order valence-electron chi connectivity index (χ3n) is 4.42. The molecule has 1 aromatic heterocycles. The minimum Gasteiger partial charge on any atom is -0.491 e. The van der Waals surface area contributed by atoms with Crippen LogP contribution in [0.25, 0.3) is 11.3 Å². The summed E-state index contributed by atoms with van der Waals surface area (Å²) in [6.45, 7) is 10.6. The molecule has 1 N–H and O–H groups in total. The molecule has 0 aliphatic carbocycles. The van der Waals surface area contributed by atoms with E-state index in [0.717, 1.165) is 6.07 Å². The molecule has 6 nitrogen and oxygen atoms in total. The minimum atomic E-state index is -4.67. The number of amides is 1. The number of hydrogen-bond donors (Lipinski definition) is 1. The summed E-state index contributed by atoms with van der Waals surface area (Å²) in [6.07, 6.45) is -3.70. The second-order valence-corrected chi connectivity index (χ2v) is 9.90. The van der Waals surface area contributed by atoms with E-state index in [4.69, 9.17) is 21.1 Å². The Balaban J connectivity index is 2.31. The van der Waals surface area contributed by atoms with Crippen LogP contribution in [0.15, 0.2) is 30.6 Å². The number of alkyl carbamates (subject to hydrolysis) is 1. The maximum Gasteiger partial charge on any atom is 0.419 e.